The highest BCUT2D eigenvalue weighted by molar-refractivity contribution is 5.81. The molecule has 0 unspecified atom stereocenters. The largest absolute Gasteiger partial charge is 0.241 e. The lowest BCUT2D eigenvalue weighted by molar-refractivity contribution is 0.627. The van der Waals surface area contributed by atoms with Crippen molar-refractivity contribution < 1.29 is 4.39 Å². The molecular weight excluding hydrogens is 391 g/mol. The summed E-state index contributed by atoms with van der Waals surface area (Å²) in [5, 5.41) is 10.5. The zero-order valence-electron chi connectivity index (χ0n) is 17.5. The SMILES string of the molecule is Cc1nn(-c2ccc(F)cc2)c(C)c1Cc1cc(-n2nc3ccccc3c2C)ncn1. The van der Waals surface area contributed by atoms with Crippen molar-refractivity contribution in [3.63, 3.8) is 0 Å². The molecule has 0 aliphatic heterocycles. The highest BCUT2D eigenvalue weighted by atomic mass is 19.1. The first-order chi connectivity index (χ1) is 15.0. The summed E-state index contributed by atoms with van der Waals surface area (Å²) in [7, 11) is 0. The minimum Gasteiger partial charge on any atom is -0.241 e. The maximum Gasteiger partial charge on any atom is 0.157 e. The van der Waals surface area contributed by atoms with Crippen molar-refractivity contribution in [2.75, 3.05) is 0 Å². The fourth-order valence-corrected chi connectivity index (χ4v) is 3.93. The zero-order chi connectivity index (χ0) is 21.5. The molecule has 5 aromatic rings. The molecule has 0 aliphatic carbocycles. The van der Waals surface area contributed by atoms with Crippen molar-refractivity contribution in [1.29, 1.82) is 0 Å². The van der Waals surface area contributed by atoms with E-state index < -0.39 is 0 Å². The highest BCUT2D eigenvalue weighted by Crippen LogP contribution is 2.23. The Bertz CT molecular complexity index is 1400. The van der Waals surface area contributed by atoms with E-state index in [-0.39, 0.29) is 5.82 Å². The molecule has 0 aliphatic rings. The molecule has 0 spiro atoms. The molecule has 0 radical (unpaired) electrons. The Morgan fingerprint density at radius 1 is 0.839 bits per heavy atom. The van der Waals surface area contributed by atoms with Crippen molar-refractivity contribution in [3.05, 3.63) is 95.1 Å². The number of aromatic nitrogens is 6. The second-order valence-electron chi connectivity index (χ2n) is 7.60. The van der Waals surface area contributed by atoms with E-state index in [9.17, 15) is 4.39 Å². The summed E-state index contributed by atoms with van der Waals surface area (Å²) in [6.07, 6.45) is 2.19. The molecular formula is C24H21FN6. The molecule has 0 atom stereocenters. The molecule has 2 aromatic carbocycles. The molecule has 154 valence electrons. The van der Waals surface area contributed by atoms with Gasteiger partial charge in [0.2, 0.25) is 0 Å². The van der Waals surface area contributed by atoms with Crippen LogP contribution in [-0.4, -0.2) is 29.5 Å². The Labute approximate surface area is 179 Å². The standard InChI is InChI=1S/C24H21FN6/c1-15-22(17(3)30(28-15)20-10-8-18(25)9-11-20)12-19-13-24(27-14-26-19)31-16(2)21-6-4-5-7-23(21)29-31/h4-11,13-14H,12H2,1-3H3. The van der Waals surface area contributed by atoms with Gasteiger partial charge in [-0.1, -0.05) is 18.2 Å². The maximum atomic E-state index is 13.3. The van der Waals surface area contributed by atoms with Crippen LogP contribution < -0.4 is 0 Å². The third-order valence-corrected chi connectivity index (χ3v) is 5.62. The Kier molecular flexibility index (Phi) is 4.58. The van der Waals surface area contributed by atoms with Gasteiger partial charge in [0, 0.05) is 29.1 Å². The predicted octanol–water partition coefficient (Wildman–Crippen LogP) is 4.66. The van der Waals surface area contributed by atoms with E-state index in [4.69, 9.17) is 5.10 Å². The molecule has 0 amide bonds. The smallest absolute Gasteiger partial charge is 0.157 e. The quantitative estimate of drug-likeness (QED) is 0.431. The third-order valence-electron chi connectivity index (χ3n) is 5.62. The van der Waals surface area contributed by atoms with Gasteiger partial charge in [0.15, 0.2) is 5.82 Å². The van der Waals surface area contributed by atoms with Crippen molar-refractivity contribution in [1.82, 2.24) is 29.5 Å². The van der Waals surface area contributed by atoms with E-state index in [1.807, 2.05) is 54.4 Å². The van der Waals surface area contributed by atoms with Crippen LogP contribution in [0.3, 0.4) is 0 Å². The lowest BCUT2D eigenvalue weighted by Crippen LogP contribution is -2.05. The number of fused-ring (bicyclic) bond motifs is 1. The van der Waals surface area contributed by atoms with Crippen molar-refractivity contribution in [3.8, 4) is 11.5 Å². The van der Waals surface area contributed by atoms with Gasteiger partial charge in [0.1, 0.15) is 12.1 Å². The van der Waals surface area contributed by atoms with Gasteiger partial charge in [0.25, 0.3) is 0 Å². The number of hydrogen-bond acceptors (Lipinski definition) is 4. The number of rotatable bonds is 4. The van der Waals surface area contributed by atoms with Crippen LogP contribution in [0, 0.1) is 26.6 Å². The Balaban J connectivity index is 1.50. The van der Waals surface area contributed by atoms with E-state index in [1.165, 1.54) is 12.1 Å². The summed E-state index contributed by atoms with van der Waals surface area (Å²) in [5.41, 5.74) is 6.71. The van der Waals surface area contributed by atoms with Crippen LogP contribution in [0.5, 0.6) is 0 Å². The first kappa shape index (κ1) is 19.1. The van der Waals surface area contributed by atoms with Crippen LogP contribution in [0.1, 0.15) is 28.3 Å². The number of nitrogens with zero attached hydrogens (tertiary/aromatic N) is 6. The number of halogens is 1. The molecule has 5 rings (SSSR count). The lowest BCUT2D eigenvalue weighted by Gasteiger charge is -2.07. The molecule has 7 heteroatoms. The molecule has 6 nitrogen and oxygen atoms in total. The van der Waals surface area contributed by atoms with Gasteiger partial charge in [-0.05, 0) is 51.1 Å². The van der Waals surface area contributed by atoms with Crippen molar-refractivity contribution >= 4 is 10.9 Å². The average molecular weight is 412 g/mol. The normalized spacial score (nSPS) is 11.4. The van der Waals surface area contributed by atoms with E-state index >= 15 is 0 Å². The van der Waals surface area contributed by atoms with Crippen LogP contribution in [0.4, 0.5) is 4.39 Å². The lowest BCUT2D eigenvalue weighted by atomic mass is 10.1. The summed E-state index contributed by atoms with van der Waals surface area (Å²) >= 11 is 0. The molecule has 0 bridgehead atoms. The zero-order valence-corrected chi connectivity index (χ0v) is 17.5. The minimum atomic E-state index is -0.263. The van der Waals surface area contributed by atoms with E-state index in [0.29, 0.717) is 6.42 Å². The third kappa shape index (κ3) is 3.38. The highest BCUT2D eigenvalue weighted by Gasteiger charge is 2.16. The molecule has 31 heavy (non-hydrogen) atoms. The fourth-order valence-electron chi connectivity index (χ4n) is 3.93. The van der Waals surface area contributed by atoms with E-state index in [1.54, 1.807) is 18.5 Å². The minimum absolute atomic E-state index is 0.263. The monoisotopic (exact) mass is 412 g/mol. The Hall–Kier alpha value is -3.87. The Morgan fingerprint density at radius 3 is 2.39 bits per heavy atom. The molecule has 3 heterocycles. The topological polar surface area (TPSA) is 61.4 Å². The van der Waals surface area contributed by atoms with Gasteiger partial charge < -0.3 is 0 Å². The molecule has 0 fully saturated rings. The van der Waals surface area contributed by atoms with E-state index in [0.717, 1.165) is 50.7 Å². The summed E-state index contributed by atoms with van der Waals surface area (Å²) < 4.78 is 17.0. The van der Waals surface area contributed by atoms with Crippen LogP contribution >= 0.6 is 0 Å². The average Bonchev–Trinajstić information content (AvgIpc) is 3.26. The molecule has 3 aromatic heterocycles. The second-order valence-corrected chi connectivity index (χ2v) is 7.60. The van der Waals surface area contributed by atoms with E-state index in [2.05, 4.69) is 21.1 Å². The van der Waals surface area contributed by atoms with Gasteiger partial charge in [-0.3, -0.25) is 0 Å². The summed E-state index contributed by atoms with van der Waals surface area (Å²) in [6, 6.07) is 16.4. The second kappa shape index (κ2) is 7.43. The van der Waals surface area contributed by atoms with Crippen LogP contribution in [0.25, 0.3) is 22.4 Å². The van der Waals surface area contributed by atoms with Crippen LogP contribution in [0.15, 0.2) is 60.9 Å². The number of aryl methyl sites for hydroxylation is 2. The number of benzene rings is 2. The molecule has 0 N–H and O–H groups in total. The predicted molar refractivity (Wildman–Crippen MR) is 117 cm³/mol. The van der Waals surface area contributed by atoms with Gasteiger partial charge in [0.05, 0.1) is 28.3 Å². The van der Waals surface area contributed by atoms with Crippen molar-refractivity contribution in [2.45, 2.75) is 27.2 Å². The maximum absolute atomic E-state index is 13.3. The van der Waals surface area contributed by atoms with Gasteiger partial charge >= 0.3 is 0 Å². The van der Waals surface area contributed by atoms with Gasteiger partial charge in [-0.15, -0.1) is 0 Å². The Morgan fingerprint density at radius 2 is 1.61 bits per heavy atom. The number of hydrogen-bond donors (Lipinski definition) is 0. The summed E-state index contributed by atoms with van der Waals surface area (Å²) in [5.74, 6) is 0.473. The van der Waals surface area contributed by atoms with Crippen LogP contribution in [0.2, 0.25) is 0 Å². The fraction of sp³-hybridized carbons (Fsp3) is 0.167. The summed E-state index contributed by atoms with van der Waals surface area (Å²) in [6.45, 7) is 6.04. The van der Waals surface area contributed by atoms with Gasteiger partial charge in [-0.25, -0.2) is 23.7 Å². The van der Waals surface area contributed by atoms with Gasteiger partial charge in [-0.2, -0.15) is 10.2 Å². The molecule has 0 saturated heterocycles. The first-order valence-electron chi connectivity index (χ1n) is 10.1. The van der Waals surface area contributed by atoms with Crippen molar-refractivity contribution in [2.24, 2.45) is 0 Å². The first-order valence-corrected chi connectivity index (χ1v) is 10.1. The summed E-state index contributed by atoms with van der Waals surface area (Å²) in [4.78, 5) is 8.93. The van der Waals surface area contributed by atoms with Crippen LogP contribution in [-0.2, 0) is 6.42 Å². The molecule has 0 saturated carbocycles.